The highest BCUT2D eigenvalue weighted by Crippen LogP contribution is 2.21. The van der Waals surface area contributed by atoms with Gasteiger partial charge in [0.15, 0.2) is 11.6 Å². The van der Waals surface area contributed by atoms with Gasteiger partial charge >= 0.3 is 0 Å². The maximum atomic E-state index is 13.0. The van der Waals surface area contributed by atoms with Gasteiger partial charge in [0, 0.05) is 37.8 Å². The second kappa shape index (κ2) is 21.6. The molecule has 1 aliphatic rings. The minimum Gasteiger partial charge on any atom is -0.388 e. The van der Waals surface area contributed by atoms with Crippen molar-refractivity contribution in [1.82, 2.24) is 15.1 Å². The summed E-state index contributed by atoms with van der Waals surface area (Å²) < 4.78 is 25.8. The summed E-state index contributed by atoms with van der Waals surface area (Å²) in [5, 5.41) is 14.6. The maximum absolute atomic E-state index is 13.0. The highest BCUT2D eigenvalue weighted by molar-refractivity contribution is 5.94. The van der Waals surface area contributed by atoms with Crippen LogP contribution in [-0.2, 0) is 14.4 Å². The van der Waals surface area contributed by atoms with Gasteiger partial charge in [-0.25, -0.2) is 8.78 Å². The van der Waals surface area contributed by atoms with Crippen molar-refractivity contribution in [2.75, 3.05) is 32.5 Å². The van der Waals surface area contributed by atoms with E-state index in [9.17, 15) is 28.0 Å². The molecule has 4 rings (SSSR count). The third kappa shape index (κ3) is 15.2. The van der Waals surface area contributed by atoms with Gasteiger partial charge in [-0.1, -0.05) is 69.3 Å². The number of hydrogen-bond acceptors (Lipinski definition) is 6. The molecule has 0 radical (unpaired) electrons. The summed E-state index contributed by atoms with van der Waals surface area (Å²) in [6.07, 6.45) is 1.70. The van der Waals surface area contributed by atoms with E-state index in [1.807, 2.05) is 80.7 Å². The smallest absolute Gasteiger partial charge is 0.251 e. The van der Waals surface area contributed by atoms with Gasteiger partial charge in [0.1, 0.15) is 12.3 Å². The Hall–Kier alpha value is -5.11. The predicted molar refractivity (Wildman–Crippen MR) is 179 cm³/mol. The highest BCUT2D eigenvalue weighted by atomic mass is 19.2. The van der Waals surface area contributed by atoms with E-state index in [1.165, 1.54) is 22.9 Å². The topological polar surface area (TPSA) is 123 Å². The number of aldehydes is 1. The third-order valence-corrected chi connectivity index (χ3v) is 6.45. The van der Waals surface area contributed by atoms with Gasteiger partial charge in [-0.15, -0.1) is 0 Å². The molecule has 3 atom stereocenters. The lowest BCUT2D eigenvalue weighted by molar-refractivity contribution is -0.135. The fraction of sp³-hybridized carbons (Fsp3) is 0.361. The first-order chi connectivity index (χ1) is 22.4. The fourth-order valence-electron chi connectivity index (χ4n) is 4.05. The summed E-state index contributed by atoms with van der Waals surface area (Å²) in [6.45, 7) is 8.54. The average molecular weight is 650 g/mol. The molecule has 47 heavy (non-hydrogen) atoms. The number of anilines is 1. The van der Waals surface area contributed by atoms with Gasteiger partial charge in [-0.3, -0.25) is 14.4 Å². The lowest BCUT2D eigenvalue weighted by Crippen LogP contribution is -2.41. The zero-order valence-electron chi connectivity index (χ0n) is 27.8. The molecule has 0 bridgehead atoms. The SMILES string of the molecule is CC(C)C.CC(NC(=O)c1ccc(F)c(F)c1)c1ccccc1.CN(C=O)CC(=O)N1CC(C=O)CC1C#N.CNc1ccccc1. The Morgan fingerprint density at radius 3 is 2.02 bits per heavy atom. The van der Waals surface area contributed by atoms with Crippen molar-refractivity contribution in [2.45, 2.75) is 46.2 Å². The number of nitrogens with zero attached hydrogens (tertiary/aromatic N) is 3. The van der Waals surface area contributed by atoms with Crippen LogP contribution in [0.4, 0.5) is 14.5 Å². The van der Waals surface area contributed by atoms with Crippen molar-refractivity contribution in [3.8, 4) is 6.07 Å². The molecule has 9 nitrogen and oxygen atoms in total. The molecule has 3 amide bonds. The number of amides is 3. The molecule has 1 saturated heterocycles. The van der Waals surface area contributed by atoms with E-state index in [0.29, 0.717) is 12.8 Å². The van der Waals surface area contributed by atoms with Crippen LogP contribution in [0.2, 0.25) is 0 Å². The Morgan fingerprint density at radius 1 is 0.979 bits per heavy atom. The van der Waals surface area contributed by atoms with Crippen molar-refractivity contribution in [3.63, 3.8) is 0 Å². The molecule has 3 aromatic carbocycles. The standard InChI is InChI=1S/C15H13F2NO.C10H13N3O3.C7H9N.C4H10/c1-10(11-5-3-2-4-6-11)18-15(19)12-7-8-13(16)14(17)9-12;1-12(7-15)5-10(16)13-4-8(6-14)2-9(13)3-11;1-8-7-5-3-2-4-6-7;1-4(2)3/h2-10H,1H3,(H,18,19);6-9H,2,4-5H2,1H3;2-6,8H,1H3;4H,1-3H3. The first-order valence-electron chi connectivity index (χ1n) is 15.2. The molecule has 0 spiro atoms. The van der Waals surface area contributed by atoms with E-state index in [1.54, 1.807) is 0 Å². The molecule has 252 valence electrons. The lowest BCUT2D eigenvalue weighted by Gasteiger charge is -2.21. The van der Waals surface area contributed by atoms with Crippen LogP contribution in [0, 0.1) is 34.8 Å². The number of likely N-dealkylation sites (tertiary alicyclic amines) is 1. The number of nitrogens with one attached hydrogen (secondary N) is 2. The van der Waals surface area contributed by atoms with Gasteiger partial charge in [0.25, 0.3) is 5.91 Å². The molecule has 0 saturated carbocycles. The largest absolute Gasteiger partial charge is 0.388 e. The van der Waals surface area contributed by atoms with Crippen molar-refractivity contribution < 1.29 is 28.0 Å². The first-order valence-corrected chi connectivity index (χ1v) is 15.2. The monoisotopic (exact) mass is 649 g/mol. The summed E-state index contributed by atoms with van der Waals surface area (Å²) >= 11 is 0. The number of carbonyl (C=O) groups is 4. The Bertz CT molecular complexity index is 1430. The molecule has 0 aromatic heterocycles. The summed E-state index contributed by atoms with van der Waals surface area (Å²) in [5.41, 5.74) is 2.20. The van der Waals surface area contributed by atoms with Crippen LogP contribution in [0.3, 0.4) is 0 Å². The van der Waals surface area contributed by atoms with Gasteiger partial charge in [-0.05, 0) is 55.2 Å². The van der Waals surface area contributed by atoms with E-state index in [2.05, 4.69) is 31.4 Å². The molecule has 1 fully saturated rings. The summed E-state index contributed by atoms with van der Waals surface area (Å²) in [5.74, 6) is -2.16. The van der Waals surface area contributed by atoms with E-state index in [0.717, 1.165) is 35.6 Å². The van der Waals surface area contributed by atoms with Crippen molar-refractivity contribution in [2.24, 2.45) is 11.8 Å². The Morgan fingerprint density at radius 2 is 1.55 bits per heavy atom. The van der Waals surface area contributed by atoms with Gasteiger partial charge in [0.2, 0.25) is 12.3 Å². The number of benzene rings is 3. The molecule has 1 heterocycles. The minimum absolute atomic E-state index is 0.0622. The number of rotatable bonds is 8. The third-order valence-electron chi connectivity index (χ3n) is 6.45. The van der Waals surface area contributed by atoms with E-state index in [4.69, 9.17) is 5.26 Å². The van der Waals surface area contributed by atoms with Gasteiger partial charge in [0.05, 0.1) is 18.7 Å². The van der Waals surface area contributed by atoms with Crippen molar-refractivity contribution in [3.05, 3.63) is 102 Å². The normalized spacial score (nSPS) is 15.1. The highest BCUT2D eigenvalue weighted by Gasteiger charge is 2.35. The van der Waals surface area contributed by atoms with Crippen molar-refractivity contribution >= 4 is 30.2 Å². The van der Waals surface area contributed by atoms with Crippen LogP contribution >= 0.6 is 0 Å². The summed E-state index contributed by atoms with van der Waals surface area (Å²) in [4.78, 5) is 47.1. The molecular weight excluding hydrogens is 604 g/mol. The Labute approximate surface area is 276 Å². The second-order valence-corrected chi connectivity index (χ2v) is 11.4. The zero-order valence-corrected chi connectivity index (χ0v) is 27.8. The zero-order chi connectivity index (χ0) is 35.4. The Balaban J connectivity index is 0.000000354. The second-order valence-electron chi connectivity index (χ2n) is 11.4. The minimum atomic E-state index is -1.03. The average Bonchev–Trinajstić information content (AvgIpc) is 3.51. The number of carbonyl (C=O) groups excluding carboxylic acids is 4. The van der Waals surface area contributed by atoms with Gasteiger partial charge < -0.3 is 25.2 Å². The first kappa shape index (κ1) is 39.9. The quantitative estimate of drug-likeness (QED) is 0.295. The number of hydrogen-bond donors (Lipinski definition) is 2. The number of nitriles is 1. The van der Waals surface area contributed by atoms with E-state index < -0.39 is 23.6 Å². The molecule has 0 aliphatic carbocycles. The number of likely N-dealkylation sites (N-methyl/N-ethyl adjacent to an activating group) is 1. The molecule has 11 heteroatoms. The van der Waals surface area contributed by atoms with Crippen LogP contribution in [0.25, 0.3) is 0 Å². The van der Waals surface area contributed by atoms with Crippen LogP contribution in [0.15, 0.2) is 78.9 Å². The Kier molecular flexibility index (Phi) is 18.3. The molecule has 1 aliphatic heterocycles. The molecular formula is C36H45F2N5O4. The van der Waals surface area contributed by atoms with E-state index in [-0.39, 0.29) is 36.5 Å². The molecule has 2 N–H and O–H groups in total. The van der Waals surface area contributed by atoms with Gasteiger partial charge in [-0.2, -0.15) is 5.26 Å². The number of para-hydroxylation sites is 1. The predicted octanol–water partition coefficient (Wildman–Crippen LogP) is 5.86. The van der Waals surface area contributed by atoms with E-state index >= 15 is 0 Å². The van der Waals surface area contributed by atoms with Crippen LogP contribution in [-0.4, -0.2) is 67.5 Å². The molecule has 3 unspecified atom stereocenters. The number of halogens is 2. The maximum Gasteiger partial charge on any atom is 0.251 e. The fourth-order valence-corrected chi connectivity index (χ4v) is 4.05. The van der Waals surface area contributed by atoms with Crippen LogP contribution < -0.4 is 10.6 Å². The van der Waals surface area contributed by atoms with Crippen LogP contribution in [0.1, 0.15) is 56.1 Å². The summed E-state index contributed by atoms with van der Waals surface area (Å²) in [7, 11) is 3.40. The summed E-state index contributed by atoms with van der Waals surface area (Å²) in [6, 6.07) is 23.8. The van der Waals surface area contributed by atoms with Crippen molar-refractivity contribution in [1.29, 1.82) is 5.26 Å². The molecule has 3 aromatic rings. The van der Waals surface area contributed by atoms with Crippen LogP contribution in [0.5, 0.6) is 0 Å². The lowest BCUT2D eigenvalue weighted by atomic mass is 10.1.